The molecule has 1 aromatic rings. The molecule has 1 heterocycles. The highest BCUT2D eigenvalue weighted by Crippen LogP contribution is 2.47. The summed E-state index contributed by atoms with van der Waals surface area (Å²) in [6.07, 6.45) is 4.27. The molecular weight excluding hydrogens is 216 g/mol. The largest absolute Gasteiger partial charge is 0.385 e. The van der Waals surface area contributed by atoms with Gasteiger partial charge < -0.3 is 5.11 Å². The Morgan fingerprint density at radius 3 is 2.71 bits per heavy atom. The summed E-state index contributed by atoms with van der Waals surface area (Å²) in [6.45, 7) is 2.03. The second-order valence-electron chi connectivity index (χ2n) is 4.01. The fourth-order valence-corrected chi connectivity index (χ4v) is 3.27. The average Bonchev–Trinajstić information content (AvgIpc) is 2.48. The highest BCUT2D eigenvalue weighted by Gasteiger charge is 2.41. The minimum atomic E-state index is -0.671. The van der Waals surface area contributed by atoms with Crippen molar-refractivity contribution in [2.75, 3.05) is 0 Å². The molecule has 1 nitrogen and oxygen atoms in total. The Balaban J connectivity index is 2.31. The van der Waals surface area contributed by atoms with Crippen molar-refractivity contribution >= 4 is 22.9 Å². The van der Waals surface area contributed by atoms with Crippen LogP contribution in [0.2, 0.25) is 4.34 Å². The molecule has 2 rings (SSSR count). The van der Waals surface area contributed by atoms with Crippen LogP contribution in [0.5, 0.6) is 0 Å². The molecule has 1 saturated carbocycles. The standard InChI is InChI=1S/C11H15ClOS/c1-2-11(13,8-4-3-5-8)9-6-7-14-10(9)12/h6-8,13H,2-5H2,1H3. The van der Waals surface area contributed by atoms with Gasteiger partial charge >= 0.3 is 0 Å². The van der Waals surface area contributed by atoms with E-state index in [0.29, 0.717) is 5.92 Å². The summed E-state index contributed by atoms with van der Waals surface area (Å²) in [6, 6.07) is 1.97. The van der Waals surface area contributed by atoms with Crippen LogP contribution in [0.4, 0.5) is 0 Å². The third-order valence-electron chi connectivity index (χ3n) is 3.40. The molecule has 0 radical (unpaired) electrons. The minimum absolute atomic E-state index is 0.416. The van der Waals surface area contributed by atoms with Crippen LogP contribution in [0.3, 0.4) is 0 Å². The maximum Gasteiger partial charge on any atom is 0.0989 e. The van der Waals surface area contributed by atoms with E-state index >= 15 is 0 Å². The summed E-state index contributed by atoms with van der Waals surface area (Å²) in [5.74, 6) is 0.416. The number of hydrogen-bond acceptors (Lipinski definition) is 2. The van der Waals surface area contributed by atoms with Crippen LogP contribution < -0.4 is 0 Å². The summed E-state index contributed by atoms with van der Waals surface area (Å²) in [5, 5.41) is 12.6. The Hall–Kier alpha value is -0.0500. The molecule has 14 heavy (non-hydrogen) atoms. The molecule has 0 saturated heterocycles. The van der Waals surface area contributed by atoms with E-state index in [1.807, 2.05) is 18.4 Å². The second kappa shape index (κ2) is 3.84. The van der Waals surface area contributed by atoms with Gasteiger partial charge in [0.2, 0.25) is 0 Å². The van der Waals surface area contributed by atoms with Crippen molar-refractivity contribution in [1.82, 2.24) is 0 Å². The van der Waals surface area contributed by atoms with Crippen LogP contribution in [-0.2, 0) is 5.60 Å². The van der Waals surface area contributed by atoms with Gasteiger partial charge in [-0.3, -0.25) is 0 Å². The summed E-state index contributed by atoms with van der Waals surface area (Å²) < 4.78 is 0.751. The van der Waals surface area contributed by atoms with E-state index in [9.17, 15) is 5.11 Å². The zero-order valence-corrected chi connectivity index (χ0v) is 9.87. The minimum Gasteiger partial charge on any atom is -0.385 e. The van der Waals surface area contributed by atoms with Gasteiger partial charge in [-0.25, -0.2) is 0 Å². The maximum atomic E-state index is 10.6. The third-order valence-corrected chi connectivity index (χ3v) is 4.57. The van der Waals surface area contributed by atoms with Gasteiger partial charge in [0, 0.05) is 5.56 Å². The highest BCUT2D eigenvalue weighted by atomic mass is 35.5. The molecule has 3 heteroatoms. The molecule has 0 bridgehead atoms. The van der Waals surface area contributed by atoms with Gasteiger partial charge in [0.05, 0.1) is 9.94 Å². The topological polar surface area (TPSA) is 20.2 Å². The van der Waals surface area contributed by atoms with Crippen LogP contribution >= 0.6 is 22.9 Å². The monoisotopic (exact) mass is 230 g/mol. The van der Waals surface area contributed by atoms with E-state index in [0.717, 1.165) is 29.2 Å². The number of aliphatic hydroxyl groups is 1. The Morgan fingerprint density at radius 2 is 2.36 bits per heavy atom. The van der Waals surface area contributed by atoms with Crippen molar-refractivity contribution in [3.63, 3.8) is 0 Å². The van der Waals surface area contributed by atoms with E-state index in [2.05, 4.69) is 0 Å². The summed E-state index contributed by atoms with van der Waals surface area (Å²) in [4.78, 5) is 0. The van der Waals surface area contributed by atoms with Gasteiger partial charge in [-0.15, -0.1) is 11.3 Å². The van der Waals surface area contributed by atoms with Crippen molar-refractivity contribution in [2.45, 2.75) is 38.2 Å². The Kier molecular flexibility index (Phi) is 2.87. The van der Waals surface area contributed by atoms with E-state index in [1.54, 1.807) is 0 Å². The number of halogens is 1. The van der Waals surface area contributed by atoms with Gasteiger partial charge in [0.15, 0.2) is 0 Å². The Morgan fingerprint density at radius 1 is 1.64 bits per heavy atom. The van der Waals surface area contributed by atoms with Crippen LogP contribution in [0, 0.1) is 5.92 Å². The van der Waals surface area contributed by atoms with Gasteiger partial charge in [0.25, 0.3) is 0 Å². The van der Waals surface area contributed by atoms with Crippen LogP contribution in [0.25, 0.3) is 0 Å². The van der Waals surface area contributed by atoms with Crippen LogP contribution in [0.15, 0.2) is 11.4 Å². The molecule has 1 unspecified atom stereocenters. The number of thiophene rings is 1. The van der Waals surface area contributed by atoms with E-state index in [4.69, 9.17) is 11.6 Å². The summed E-state index contributed by atoms with van der Waals surface area (Å²) in [5.41, 5.74) is 0.270. The zero-order valence-electron chi connectivity index (χ0n) is 8.29. The quantitative estimate of drug-likeness (QED) is 0.838. The molecule has 1 aliphatic rings. The first-order chi connectivity index (χ1) is 6.68. The molecule has 1 fully saturated rings. The predicted octanol–water partition coefficient (Wildman–Crippen LogP) is 3.80. The maximum absolute atomic E-state index is 10.6. The first kappa shape index (κ1) is 10.5. The summed E-state index contributed by atoms with van der Waals surface area (Å²) >= 11 is 7.59. The van der Waals surface area contributed by atoms with E-state index in [-0.39, 0.29) is 0 Å². The average molecular weight is 231 g/mol. The molecule has 0 spiro atoms. The normalized spacial score (nSPS) is 21.6. The lowest BCUT2D eigenvalue weighted by Gasteiger charge is -2.41. The van der Waals surface area contributed by atoms with Gasteiger partial charge in [0.1, 0.15) is 0 Å². The lowest BCUT2D eigenvalue weighted by atomic mass is 9.69. The van der Waals surface area contributed by atoms with E-state index < -0.39 is 5.60 Å². The fraction of sp³-hybridized carbons (Fsp3) is 0.636. The molecule has 0 aromatic carbocycles. The van der Waals surface area contributed by atoms with Crippen molar-refractivity contribution in [1.29, 1.82) is 0 Å². The van der Waals surface area contributed by atoms with Crippen molar-refractivity contribution in [3.8, 4) is 0 Å². The highest BCUT2D eigenvalue weighted by molar-refractivity contribution is 7.14. The molecule has 78 valence electrons. The van der Waals surface area contributed by atoms with Crippen molar-refractivity contribution in [3.05, 3.63) is 21.3 Å². The molecule has 0 aliphatic heterocycles. The number of rotatable bonds is 3. The molecule has 1 N–H and O–H groups in total. The molecule has 1 atom stereocenters. The molecule has 0 amide bonds. The van der Waals surface area contributed by atoms with E-state index in [1.165, 1.54) is 17.8 Å². The Bertz CT molecular complexity index is 319. The van der Waals surface area contributed by atoms with Gasteiger partial charge in [-0.05, 0) is 36.6 Å². The zero-order chi connectivity index (χ0) is 10.2. The molecular formula is C11H15ClOS. The van der Waals surface area contributed by atoms with Crippen molar-refractivity contribution < 1.29 is 5.11 Å². The Labute approximate surface area is 93.7 Å². The lowest BCUT2D eigenvalue weighted by Crippen LogP contribution is -2.38. The second-order valence-corrected chi connectivity index (χ2v) is 5.53. The van der Waals surface area contributed by atoms with Crippen LogP contribution in [0.1, 0.15) is 38.2 Å². The molecule has 1 aliphatic carbocycles. The lowest BCUT2D eigenvalue weighted by molar-refractivity contribution is -0.0591. The smallest absolute Gasteiger partial charge is 0.0989 e. The van der Waals surface area contributed by atoms with Gasteiger partial charge in [-0.2, -0.15) is 0 Å². The first-order valence-corrected chi connectivity index (χ1v) is 6.40. The number of hydrogen-bond donors (Lipinski definition) is 1. The first-order valence-electron chi connectivity index (χ1n) is 5.14. The predicted molar refractivity (Wildman–Crippen MR) is 60.9 cm³/mol. The fourth-order valence-electron chi connectivity index (χ4n) is 2.19. The SMILES string of the molecule is CCC(O)(c1ccsc1Cl)C1CCC1. The third kappa shape index (κ3) is 1.50. The van der Waals surface area contributed by atoms with Gasteiger partial charge in [-0.1, -0.05) is 24.9 Å². The molecule has 1 aromatic heterocycles. The summed E-state index contributed by atoms with van der Waals surface area (Å²) in [7, 11) is 0. The van der Waals surface area contributed by atoms with Crippen LogP contribution in [-0.4, -0.2) is 5.11 Å². The van der Waals surface area contributed by atoms with Crippen molar-refractivity contribution in [2.24, 2.45) is 5.92 Å².